The number of fused-ring (bicyclic) bond motifs is 1. The van der Waals surface area contributed by atoms with Crippen molar-refractivity contribution >= 4 is 40.4 Å². The van der Waals surface area contributed by atoms with Gasteiger partial charge in [0.2, 0.25) is 0 Å². The van der Waals surface area contributed by atoms with Crippen LogP contribution in [0.3, 0.4) is 0 Å². The van der Waals surface area contributed by atoms with Crippen LogP contribution in [0.25, 0.3) is 5.65 Å². The summed E-state index contributed by atoms with van der Waals surface area (Å²) in [5.74, 6) is 0.800. The number of nitrogens with two attached hydrogens (primary N) is 2. The van der Waals surface area contributed by atoms with E-state index in [0.29, 0.717) is 22.1 Å². The fourth-order valence-electron chi connectivity index (χ4n) is 2.25. The van der Waals surface area contributed by atoms with Crippen molar-refractivity contribution in [3.63, 3.8) is 0 Å². The lowest BCUT2D eigenvalue weighted by Gasteiger charge is -2.05. The molecule has 0 fully saturated rings. The molecular formula is C15H14N8OS. The monoisotopic (exact) mass is 354 g/mol. The van der Waals surface area contributed by atoms with Gasteiger partial charge in [-0.15, -0.1) is 27.1 Å². The maximum absolute atomic E-state index is 9.26. The van der Waals surface area contributed by atoms with Crippen LogP contribution >= 0.6 is 11.8 Å². The summed E-state index contributed by atoms with van der Waals surface area (Å²) in [5, 5.41) is 22.4. The number of thioether (sulfide) groups is 1. The van der Waals surface area contributed by atoms with Gasteiger partial charge in [-0.25, -0.2) is 9.50 Å². The van der Waals surface area contributed by atoms with E-state index in [0.717, 1.165) is 0 Å². The summed E-state index contributed by atoms with van der Waals surface area (Å²) in [5.41, 5.74) is 13.2. The second-order valence-corrected chi connectivity index (χ2v) is 5.63. The lowest BCUT2D eigenvalue weighted by Crippen LogP contribution is -2.04. The predicted molar refractivity (Wildman–Crippen MR) is 95.5 cm³/mol. The van der Waals surface area contributed by atoms with Crippen LogP contribution in [0.5, 0.6) is 5.75 Å². The molecular weight excluding hydrogens is 340 g/mol. The Hall–Kier alpha value is -3.32. The summed E-state index contributed by atoms with van der Waals surface area (Å²) < 4.78 is 6.69. The largest absolute Gasteiger partial charge is 0.494 e. The Kier molecular flexibility index (Phi) is 4.40. The summed E-state index contributed by atoms with van der Waals surface area (Å²) in [6.45, 7) is 0. The molecule has 3 rings (SSSR count). The number of aromatic nitrogens is 3. The van der Waals surface area contributed by atoms with E-state index in [1.54, 1.807) is 19.2 Å². The Labute approximate surface area is 147 Å². The molecule has 0 bridgehead atoms. The molecule has 1 aromatic carbocycles. The Balaban J connectivity index is 2.18. The molecule has 10 heteroatoms. The maximum atomic E-state index is 9.26. The molecule has 0 aliphatic heterocycles. The first-order valence-electron chi connectivity index (χ1n) is 7.07. The van der Waals surface area contributed by atoms with Gasteiger partial charge in [-0.05, 0) is 18.4 Å². The number of rotatable bonds is 4. The lowest BCUT2D eigenvalue weighted by molar-refractivity contribution is 0.416. The molecule has 4 N–H and O–H groups in total. The lowest BCUT2D eigenvalue weighted by atomic mass is 10.3. The maximum Gasteiger partial charge on any atom is 0.188 e. The molecule has 2 heterocycles. The van der Waals surface area contributed by atoms with Crippen molar-refractivity contribution in [2.24, 2.45) is 10.2 Å². The molecule has 0 unspecified atom stereocenters. The summed E-state index contributed by atoms with van der Waals surface area (Å²) in [6.07, 6.45) is 1.81. The number of nitrogens with zero attached hydrogens (tertiary/aromatic N) is 6. The number of hydrogen-bond donors (Lipinski definition) is 2. The highest BCUT2D eigenvalue weighted by molar-refractivity contribution is 7.98. The van der Waals surface area contributed by atoms with Gasteiger partial charge in [-0.1, -0.05) is 12.1 Å². The molecule has 2 aromatic heterocycles. The van der Waals surface area contributed by atoms with Gasteiger partial charge in [0.15, 0.2) is 17.2 Å². The second-order valence-electron chi connectivity index (χ2n) is 4.83. The smallest absolute Gasteiger partial charge is 0.188 e. The van der Waals surface area contributed by atoms with Gasteiger partial charge in [0.1, 0.15) is 33.9 Å². The third-order valence-corrected chi connectivity index (χ3v) is 4.16. The molecule has 0 spiro atoms. The van der Waals surface area contributed by atoms with E-state index in [4.69, 9.17) is 16.2 Å². The number of nitriles is 1. The first-order valence-corrected chi connectivity index (χ1v) is 8.29. The van der Waals surface area contributed by atoms with Crippen LogP contribution in [0.4, 0.5) is 23.0 Å². The van der Waals surface area contributed by atoms with E-state index in [2.05, 4.69) is 20.3 Å². The van der Waals surface area contributed by atoms with Gasteiger partial charge in [-0.3, -0.25) is 0 Å². The molecule has 0 aliphatic rings. The molecule has 126 valence electrons. The number of benzene rings is 1. The first-order chi connectivity index (χ1) is 12.1. The normalized spacial score (nSPS) is 11.1. The van der Waals surface area contributed by atoms with E-state index < -0.39 is 0 Å². The van der Waals surface area contributed by atoms with E-state index in [1.807, 2.05) is 24.5 Å². The molecule has 3 aromatic rings. The minimum atomic E-state index is 0.0907. The van der Waals surface area contributed by atoms with Gasteiger partial charge in [-0.2, -0.15) is 5.26 Å². The van der Waals surface area contributed by atoms with Gasteiger partial charge in [0, 0.05) is 0 Å². The van der Waals surface area contributed by atoms with Crippen LogP contribution in [0.15, 0.2) is 39.5 Å². The topological polar surface area (TPSA) is 140 Å². The predicted octanol–water partition coefficient (Wildman–Crippen LogP) is 2.91. The van der Waals surface area contributed by atoms with Crippen molar-refractivity contribution in [3.8, 4) is 11.8 Å². The second kappa shape index (κ2) is 6.66. The van der Waals surface area contributed by atoms with Crippen LogP contribution in [0.1, 0.15) is 5.56 Å². The van der Waals surface area contributed by atoms with Crippen LogP contribution in [-0.2, 0) is 0 Å². The van der Waals surface area contributed by atoms with Crippen LogP contribution in [0.2, 0.25) is 0 Å². The van der Waals surface area contributed by atoms with Gasteiger partial charge in [0.05, 0.1) is 7.11 Å². The quantitative estimate of drug-likeness (QED) is 0.417. The standard InChI is InChI=1S/C15H14N8OS/c1-24-10-6-4-3-5-9(10)20-21-11-13(18)22-23-14(11)19-12(17)8(7-16)15(23)25-2/h3-6H,1-2H3,(H2,17,19)(H2,18,22). The van der Waals surface area contributed by atoms with Gasteiger partial charge in [0.25, 0.3) is 0 Å². The number of anilines is 2. The highest BCUT2D eigenvalue weighted by Gasteiger charge is 2.19. The Morgan fingerprint density at radius 3 is 2.68 bits per heavy atom. The van der Waals surface area contributed by atoms with E-state index >= 15 is 0 Å². The minimum Gasteiger partial charge on any atom is -0.494 e. The summed E-state index contributed by atoms with van der Waals surface area (Å²) in [6, 6.07) is 9.21. The molecule has 0 amide bonds. The first kappa shape index (κ1) is 16.5. The highest BCUT2D eigenvalue weighted by atomic mass is 32.2. The zero-order valence-electron chi connectivity index (χ0n) is 13.5. The van der Waals surface area contributed by atoms with Crippen molar-refractivity contribution in [1.82, 2.24) is 14.6 Å². The van der Waals surface area contributed by atoms with Gasteiger partial charge >= 0.3 is 0 Å². The zero-order valence-corrected chi connectivity index (χ0v) is 14.3. The molecule has 0 saturated heterocycles. The molecule has 0 saturated carbocycles. The van der Waals surface area contributed by atoms with E-state index in [9.17, 15) is 5.26 Å². The fourth-order valence-corrected chi connectivity index (χ4v) is 2.91. The van der Waals surface area contributed by atoms with Crippen molar-refractivity contribution in [2.45, 2.75) is 5.03 Å². The summed E-state index contributed by atoms with van der Waals surface area (Å²) in [7, 11) is 1.55. The number of hydrogen-bond acceptors (Lipinski definition) is 9. The Morgan fingerprint density at radius 1 is 1.24 bits per heavy atom. The number of nitrogen functional groups attached to an aromatic ring is 2. The fraction of sp³-hybridized carbons (Fsp3) is 0.133. The number of methoxy groups -OCH3 is 1. The van der Waals surface area contributed by atoms with Crippen molar-refractivity contribution < 1.29 is 4.74 Å². The van der Waals surface area contributed by atoms with Crippen molar-refractivity contribution in [1.29, 1.82) is 5.26 Å². The number of ether oxygens (including phenoxy) is 1. The highest BCUT2D eigenvalue weighted by Crippen LogP contribution is 2.35. The molecule has 0 radical (unpaired) electrons. The SMILES string of the molecule is COc1ccccc1N=Nc1c(N)nn2c(SC)c(C#N)c(N)nc12. The van der Waals surface area contributed by atoms with Gasteiger partial charge < -0.3 is 16.2 Å². The Morgan fingerprint density at radius 2 is 2.00 bits per heavy atom. The summed E-state index contributed by atoms with van der Waals surface area (Å²) >= 11 is 1.32. The number of para-hydroxylation sites is 1. The third kappa shape index (κ3) is 2.81. The number of azo groups is 1. The average Bonchev–Trinajstić information content (AvgIpc) is 2.93. The molecule has 9 nitrogen and oxygen atoms in total. The van der Waals surface area contributed by atoms with Crippen LogP contribution in [-0.4, -0.2) is 28.0 Å². The van der Waals surface area contributed by atoms with Crippen LogP contribution < -0.4 is 16.2 Å². The zero-order chi connectivity index (χ0) is 18.0. The molecule has 25 heavy (non-hydrogen) atoms. The van der Waals surface area contributed by atoms with Crippen molar-refractivity contribution in [2.75, 3.05) is 24.8 Å². The van der Waals surface area contributed by atoms with Crippen LogP contribution in [0, 0.1) is 11.3 Å². The van der Waals surface area contributed by atoms with E-state index in [1.165, 1.54) is 16.3 Å². The summed E-state index contributed by atoms with van der Waals surface area (Å²) in [4.78, 5) is 4.21. The van der Waals surface area contributed by atoms with E-state index in [-0.39, 0.29) is 22.9 Å². The minimum absolute atomic E-state index is 0.0907. The molecule has 0 atom stereocenters. The van der Waals surface area contributed by atoms with Crippen molar-refractivity contribution in [3.05, 3.63) is 29.8 Å². The Bertz CT molecular complexity index is 1020. The average molecular weight is 354 g/mol. The third-order valence-electron chi connectivity index (χ3n) is 3.40. The molecule has 0 aliphatic carbocycles.